The summed E-state index contributed by atoms with van der Waals surface area (Å²) < 4.78 is 29.4. The SMILES string of the molecule is CC(C)n1cc(Nc2ncc(C(N)=O)c(NCc3c(F)cccc3F)n2)cn1. The molecule has 0 aliphatic rings. The van der Waals surface area contributed by atoms with E-state index in [2.05, 4.69) is 25.7 Å². The van der Waals surface area contributed by atoms with Crippen molar-refractivity contribution in [1.82, 2.24) is 19.7 Å². The van der Waals surface area contributed by atoms with Gasteiger partial charge in [-0.3, -0.25) is 9.48 Å². The van der Waals surface area contributed by atoms with Crippen LogP contribution in [0.4, 0.5) is 26.2 Å². The van der Waals surface area contributed by atoms with Crippen LogP contribution < -0.4 is 16.4 Å². The van der Waals surface area contributed by atoms with Gasteiger partial charge in [0.15, 0.2) is 0 Å². The van der Waals surface area contributed by atoms with E-state index in [-0.39, 0.29) is 35.5 Å². The van der Waals surface area contributed by atoms with Crippen molar-refractivity contribution in [3.05, 3.63) is 59.6 Å². The van der Waals surface area contributed by atoms with E-state index in [1.807, 2.05) is 13.8 Å². The van der Waals surface area contributed by atoms with Gasteiger partial charge < -0.3 is 16.4 Å². The van der Waals surface area contributed by atoms with Crippen LogP contribution in [0.1, 0.15) is 35.8 Å². The fraction of sp³-hybridized carbons (Fsp3) is 0.222. The number of nitrogens with two attached hydrogens (primary N) is 1. The number of nitrogens with zero attached hydrogens (tertiary/aromatic N) is 4. The Labute approximate surface area is 159 Å². The lowest BCUT2D eigenvalue weighted by Crippen LogP contribution is -2.17. The van der Waals surface area contributed by atoms with Crippen LogP contribution in [0.2, 0.25) is 0 Å². The van der Waals surface area contributed by atoms with Crippen LogP contribution >= 0.6 is 0 Å². The molecule has 0 atom stereocenters. The van der Waals surface area contributed by atoms with Gasteiger partial charge in [0.2, 0.25) is 5.95 Å². The molecule has 3 aromatic rings. The Hall–Kier alpha value is -3.56. The van der Waals surface area contributed by atoms with E-state index < -0.39 is 17.5 Å². The number of aromatic nitrogens is 4. The molecule has 2 heterocycles. The predicted octanol–water partition coefficient (Wildman–Crippen LogP) is 2.99. The number of hydrogen-bond donors (Lipinski definition) is 3. The summed E-state index contributed by atoms with van der Waals surface area (Å²) in [7, 11) is 0. The molecule has 0 aliphatic carbocycles. The lowest BCUT2D eigenvalue weighted by atomic mass is 10.2. The first-order valence-corrected chi connectivity index (χ1v) is 8.50. The number of hydrogen-bond acceptors (Lipinski definition) is 6. The third kappa shape index (κ3) is 4.22. The minimum absolute atomic E-state index is 0.000160. The Morgan fingerprint density at radius 2 is 1.96 bits per heavy atom. The van der Waals surface area contributed by atoms with Crippen LogP contribution in [0, 0.1) is 11.6 Å². The van der Waals surface area contributed by atoms with E-state index in [1.165, 1.54) is 12.3 Å². The summed E-state index contributed by atoms with van der Waals surface area (Å²) in [4.78, 5) is 19.9. The van der Waals surface area contributed by atoms with Crippen LogP contribution in [-0.4, -0.2) is 25.7 Å². The second-order valence-corrected chi connectivity index (χ2v) is 6.30. The number of benzene rings is 1. The molecule has 2 aromatic heterocycles. The number of halogens is 2. The third-order valence-electron chi connectivity index (χ3n) is 3.94. The second-order valence-electron chi connectivity index (χ2n) is 6.30. The van der Waals surface area contributed by atoms with Crippen molar-refractivity contribution in [3.8, 4) is 0 Å². The Kier molecular flexibility index (Phi) is 5.48. The molecular weight excluding hydrogens is 368 g/mol. The third-order valence-corrected chi connectivity index (χ3v) is 3.94. The lowest BCUT2D eigenvalue weighted by Gasteiger charge is -2.12. The summed E-state index contributed by atoms with van der Waals surface area (Å²) in [5.74, 6) is -1.95. The van der Waals surface area contributed by atoms with Crippen molar-refractivity contribution in [3.63, 3.8) is 0 Å². The van der Waals surface area contributed by atoms with E-state index in [9.17, 15) is 13.6 Å². The summed E-state index contributed by atoms with van der Waals surface area (Å²) in [5.41, 5.74) is 5.81. The Balaban J connectivity index is 1.84. The molecule has 1 aromatic carbocycles. The van der Waals surface area contributed by atoms with Gasteiger partial charge in [0.1, 0.15) is 17.5 Å². The van der Waals surface area contributed by atoms with Gasteiger partial charge >= 0.3 is 0 Å². The fourth-order valence-electron chi connectivity index (χ4n) is 2.44. The van der Waals surface area contributed by atoms with Crippen molar-refractivity contribution in [1.29, 1.82) is 0 Å². The van der Waals surface area contributed by atoms with Gasteiger partial charge in [-0.1, -0.05) is 6.07 Å². The maximum Gasteiger partial charge on any atom is 0.254 e. The predicted molar refractivity (Wildman–Crippen MR) is 100 cm³/mol. The average molecular weight is 387 g/mol. The number of anilines is 3. The number of nitrogens with one attached hydrogen (secondary N) is 2. The van der Waals surface area contributed by atoms with E-state index in [0.717, 1.165) is 12.1 Å². The zero-order valence-electron chi connectivity index (χ0n) is 15.3. The molecule has 0 fully saturated rings. The molecule has 10 heteroatoms. The van der Waals surface area contributed by atoms with Crippen molar-refractivity contribution in [2.75, 3.05) is 10.6 Å². The summed E-state index contributed by atoms with van der Waals surface area (Å²) in [6, 6.07) is 3.75. The monoisotopic (exact) mass is 387 g/mol. The molecule has 4 N–H and O–H groups in total. The molecule has 0 aliphatic heterocycles. The van der Waals surface area contributed by atoms with Crippen molar-refractivity contribution >= 4 is 23.4 Å². The van der Waals surface area contributed by atoms with Gasteiger partial charge in [-0.05, 0) is 26.0 Å². The van der Waals surface area contributed by atoms with Crippen LogP contribution in [0.25, 0.3) is 0 Å². The summed E-state index contributed by atoms with van der Waals surface area (Å²) in [5, 5.41) is 9.91. The molecule has 3 rings (SSSR count). The summed E-state index contributed by atoms with van der Waals surface area (Å²) in [6.07, 6.45) is 4.62. The zero-order chi connectivity index (χ0) is 20.3. The molecule has 146 valence electrons. The van der Waals surface area contributed by atoms with Gasteiger partial charge in [-0.25, -0.2) is 13.8 Å². The molecule has 0 spiro atoms. The molecule has 1 amide bonds. The highest BCUT2D eigenvalue weighted by molar-refractivity contribution is 5.97. The highest BCUT2D eigenvalue weighted by atomic mass is 19.1. The van der Waals surface area contributed by atoms with Gasteiger partial charge in [0.25, 0.3) is 5.91 Å². The van der Waals surface area contributed by atoms with E-state index in [0.29, 0.717) is 5.69 Å². The van der Waals surface area contributed by atoms with E-state index in [1.54, 1.807) is 17.1 Å². The maximum absolute atomic E-state index is 13.8. The number of carbonyl (C=O) groups is 1. The van der Waals surface area contributed by atoms with Gasteiger partial charge in [0.05, 0.1) is 17.4 Å². The number of rotatable bonds is 7. The Morgan fingerprint density at radius 1 is 1.25 bits per heavy atom. The normalized spacial score (nSPS) is 10.9. The minimum Gasteiger partial charge on any atom is -0.365 e. The highest BCUT2D eigenvalue weighted by Crippen LogP contribution is 2.20. The Bertz CT molecular complexity index is 983. The molecule has 28 heavy (non-hydrogen) atoms. The van der Waals surface area contributed by atoms with Crippen LogP contribution in [0.5, 0.6) is 0 Å². The quantitative estimate of drug-likeness (QED) is 0.575. The van der Waals surface area contributed by atoms with Crippen LogP contribution in [-0.2, 0) is 6.54 Å². The zero-order valence-corrected chi connectivity index (χ0v) is 15.3. The first-order valence-electron chi connectivity index (χ1n) is 8.50. The average Bonchev–Trinajstić information content (AvgIpc) is 3.10. The Morgan fingerprint density at radius 3 is 2.57 bits per heavy atom. The standard InChI is InChI=1S/C18H19F2N7O/c1-10(2)27-9-11(6-24-27)25-18-23-8-13(16(21)28)17(26-18)22-7-12-14(19)4-3-5-15(12)20/h3-6,8-10H,7H2,1-2H3,(H2,21,28)(H2,22,23,25,26). The molecular formula is C18H19F2N7O. The molecule has 0 radical (unpaired) electrons. The largest absolute Gasteiger partial charge is 0.365 e. The van der Waals surface area contributed by atoms with Crippen LogP contribution in [0.3, 0.4) is 0 Å². The van der Waals surface area contributed by atoms with E-state index in [4.69, 9.17) is 5.73 Å². The first kappa shape index (κ1) is 19.2. The highest BCUT2D eigenvalue weighted by Gasteiger charge is 2.15. The molecule has 8 nitrogen and oxygen atoms in total. The second kappa shape index (κ2) is 7.99. The molecule has 0 unspecified atom stereocenters. The van der Waals surface area contributed by atoms with Gasteiger partial charge in [-0.2, -0.15) is 10.1 Å². The number of carbonyl (C=O) groups excluding carboxylic acids is 1. The van der Waals surface area contributed by atoms with Crippen LogP contribution in [0.15, 0.2) is 36.8 Å². The molecule has 0 saturated carbocycles. The number of amides is 1. The topological polar surface area (TPSA) is 111 Å². The van der Waals surface area contributed by atoms with Gasteiger partial charge in [0, 0.05) is 30.5 Å². The summed E-state index contributed by atoms with van der Waals surface area (Å²) in [6.45, 7) is 3.75. The summed E-state index contributed by atoms with van der Waals surface area (Å²) >= 11 is 0. The van der Waals surface area contributed by atoms with Gasteiger partial charge in [-0.15, -0.1) is 0 Å². The maximum atomic E-state index is 13.8. The van der Waals surface area contributed by atoms with Crippen molar-refractivity contribution < 1.29 is 13.6 Å². The number of primary amides is 1. The minimum atomic E-state index is -0.768. The molecule has 0 bridgehead atoms. The van der Waals surface area contributed by atoms with Crippen molar-refractivity contribution in [2.45, 2.75) is 26.4 Å². The van der Waals surface area contributed by atoms with E-state index >= 15 is 0 Å². The lowest BCUT2D eigenvalue weighted by molar-refractivity contribution is 0.100. The first-order chi connectivity index (χ1) is 13.3. The van der Waals surface area contributed by atoms with Crippen molar-refractivity contribution in [2.24, 2.45) is 5.73 Å². The molecule has 0 saturated heterocycles. The smallest absolute Gasteiger partial charge is 0.254 e. The fourth-order valence-corrected chi connectivity index (χ4v) is 2.44.